The van der Waals surface area contributed by atoms with Crippen molar-refractivity contribution in [3.8, 4) is 0 Å². The number of ether oxygens (including phenoxy) is 1. The zero-order valence-corrected chi connectivity index (χ0v) is 16.5. The maximum atomic E-state index is 14.5. The zero-order chi connectivity index (χ0) is 18.9. The molecule has 0 radical (unpaired) electrons. The molecule has 0 spiro atoms. The lowest BCUT2D eigenvalue weighted by atomic mass is 9.46. The van der Waals surface area contributed by atoms with Crippen molar-refractivity contribution in [1.29, 1.82) is 0 Å². The summed E-state index contributed by atoms with van der Waals surface area (Å²) >= 11 is 0. The van der Waals surface area contributed by atoms with Gasteiger partial charge in [-0.15, -0.1) is 0 Å². The van der Waals surface area contributed by atoms with Crippen molar-refractivity contribution in [3.05, 3.63) is 0 Å². The van der Waals surface area contributed by atoms with Crippen LogP contribution in [0.1, 0.15) is 58.8 Å². The second kappa shape index (κ2) is 5.93. The summed E-state index contributed by atoms with van der Waals surface area (Å²) in [5.41, 5.74) is -0.126. The second-order valence-electron chi connectivity index (χ2n) is 9.79. The van der Waals surface area contributed by atoms with E-state index in [4.69, 9.17) is 4.74 Å². The Hall–Kier alpha value is -1.13. The lowest BCUT2D eigenvalue weighted by Crippen LogP contribution is -2.64. The van der Waals surface area contributed by atoms with E-state index >= 15 is 0 Å². The number of likely N-dealkylation sites (tertiary alicyclic amines) is 1. The van der Waals surface area contributed by atoms with Gasteiger partial charge >= 0.3 is 5.97 Å². The molecule has 0 N–H and O–H groups in total. The van der Waals surface area contributed by atoms with Crippen LogP contribution in [0.15, 0.2) is 0 Å². The van der Waals surface area contributed by atoms with E-state index < -0.39 is 6.17 Å². The van der Waals surface area contributed by atoms with Crippen molar-refractivity contribution < 1.29 is 18.7 Å². The molecule has 4 nitrogen and oxygen atoms in total. The molecule has 4 fully saturated rings. The highest BCUT2D eigenvalue weighted by Crippen LogP contribution is 2.66. The van der Waals surface area contributed by atoms with E-state index in [2.05, 4.69) is 13.8 Å². The smallest absolute Gasteiger partial charge is 0.309 e. The van der Waals surface area contributed by atoms with Gasteiger partial charge in [0.15, 0.2) is 6.17 Å². The Morgan fingerprint density at radius 2 is 1.81 bits per heavy atom. The standard InChI is InChI=1S/C21H32FNO3/c1-20-10-9-14-12(13(20)6-7-15(20)19(25)26-4)5-8-17-21(14,2)11-16(22)18(24)23(17)3/h12-17H,5-11H2,1-4H3/t12-,13-,14-,15+,16?,17+,20-,21+/m0/s1. The molecule has 3 saturated carbocycles. The molecule has 1 heterocycles. The summed E-state index contributed by atoms with van der Waals surface area (Å²) < 4.78 is 19.6. The fourth-order valence-corrected chi connectivity index (χ4v) is 7.74. The number of esters is 1. The molecule has 0 aromatic rings. The summed E-state index contributed by atoms with van der Waals surface area (Å²) in [7, 11) is 3.28. The highest BCUT2D eigenvalue weighted by Gasteiger charge is 2.63. The maximum absolute atomic E-state index is 14.5. The molecule has 1 aliphatic heterocycles. The Balaban J connectivity index is 1.64. The van der Waals surface area contributed by atoms with Gasteiger partial charge in [-0.3, -0.25) is 9.59 Å². The number of rotatable bonds is 1. The normalized spacial score (nSPS) is 50.7. The van der Waals surface area contributed by atoms with Gasteiger partial charge in [-0.1, -0.05) is 13.8 Å². The molecule has 146 valence electrons. The summed E-state index contributed by atoms with van der Waals surface area (Å²) in [6.45, 7) is 4.50. The molecule has 8 atom stereocenters. The lowest BCUT2D eigenvalue weighted by Gasteiger charge is -2.62. The first-order valence-corrected chi connectivity index (χ1v) is 10.2. The number of carbonyl (C=O) groups is 2. The number of alkyl halides is 1. The fraction of sp³-hybridized carbons (Fsp3) is 0.905. The van der Waals surface area contributed by atoms with Crippen LogP contribution in [-0.4, -0.2) is 43.1 Å². The van der Waals surface area contributed by atoms with E-state index in [0.29, 0.717) is 24.2 Å². The second-order valence-corrected chi connectivity index (χ2v) is 9.79. The molecule has 1 saturated heterocycles. The Morgan fingerprint density at radius 1 is 1.12 bits per heavy atom. The zero-order valence-electron chi connectivity index (χ0n) is 16.5. The van der Waals surface area contributed by atoms with Gasteiger partial charge < -0.3 is 9.64 Å². The van der Waals surface area contributed by atoms with E-state index in [9.17, 15) is 14.0 Å². The Labute approximate surface area is 155 Å². The van der Waals surface area contributed by atoms with Gasteiger partial charge in [0.25, 0.3) is 5.91 Å². The van der Waals surface area contributed by atoms with E-state index in [0.717, 1.165) is 38.5 Å². The number of halogens is 1. The highest BCUT2D eigenvalue weighted by atomic mass is 19.1. The van der Waals surface area contributed by atoms with Crippen LogP contribution in [0.2, 0.25) is 0 Å². The van der Waals surface area contributed by atoms with Crippen molar-refractivity contribution >= 4 is 11.9 Å². The number of amides is 1. The van der Waals surface area contributed by atoms with E-state index in [-0.39, 0.29) is 34.7 Å². The van der Waals surface area contributed by atoms with Crippen LogP contribution >= 0.6 is 0 Å². The third kappa shape index (κ3) is 2.24. The van der Waals surface area contributed by atoms with Crippen LogP contribution in [-0.2, 0) is 14.3 Å². The molecule has 1 unspecified atom stereocenters. The van der Waals surface area contributed by atoms with Crippen molar-refractivity contribution in [1.82, 2.24) is 4.90 Å². The average Bonchev–Trinajstić information content (AvgIpc) is 2.96. The molecule has 1 amide bonds. The maximum Gasteiger partial charge on any atom is 0.309 e. The summed E-state index contributed by atoms with van der Waals surface area (Å²) in [6, 6.07) is 0.158. The minimum Gasteiger partial charge on any atom is -0.469 e. The van der Waals surface area contributed by atoms with Gasteiger partial charge in [0.05, 0.1) is 13.0 Å². The molecule has 4 aliphatic rings. The van der Waals surface area contributed by atoms with Crippen LogP contribution in [0, 0.1) is 34.5 Å². The van der Waals surface area contributed by atoms with Crippen LogP contribution in [0.3, 0.4) is 0 Å². The Kier molecular flexibility index (Phi) is 4.16. The largest absolute Gasteiger partial charge is 0.469 e. The van der Waals surface area contributed by atoms with Gasteiger partial charge in [-0.2, -0.15) is 0 Å². The van der Waals surface area contributed by atoms with Gasteiger partial charge in [0.1, 0.15) is 0 Å². The number of piperidine rings is 1. The summed E-state index contributed by atoms with van der Waals surface area (Å²) in [6.07, 6.45) is 5.09. The first kappa shape index (κ1) is 18.2. The summed E-state index contributed by atoms with van der Waals surface area (Å²) in [4.78, 5) is 26.2. The quantitative estimate of drug-likeness (QED) is 0.667. The molecule has 4 rings (SSSR count). The Morgan fingerprint density at radius 3 is 2.50 bits per heavy atom. The molecule has 0 bridgehead atoms. The number of fused-ring (bicyclic) bond motifs is 5. The highest BCUT2D eigenvalue weighted by molar-refractivity contribution is 5.82. The average molecular weight is 365 g/mol. The van der Waals surface area contributed by atoms with Crippen LogP contribution in [0.5, 0.6) is 0 Å². The predicted octanol–water partition coefficient (Wildman–Crippen LogP) is 3.59. The molecule has 0 aromatic heterocycles. The molecular formula is C21H32FNO3. The number of hydrogen-bond donors (Lipinski definition) is 0. The third-order valence-electron chi connectivity index (χ3n) is 9.01. The SMILES string of the molecule is COC(=O)[C@H]1CC[C@H]2[C@@H]3CC[C@H]4N(C)C(=O)C(F)C[C@]4(C)[C@H]3CC[C@]12C. The topological polar surface area (TPSA) is 46.6 Å². The van der Waals surface area contributed by atoms with Gasteiger partial charge in [-0.05, 0) is 73.5 Å². The van der Waals surface area contributed by atoms with Crippen molar-refractivity contribution in [3.63, 3.8) is 0 Å². The first-order valence-electron chi connectivity index (χ1n) is 10.2. The monoisotopic (exact) mass is 365 g/mol. The molecule has 5 heteroatoms. The lowest BCUT2D eigenvalue weighted by molar-refractivity contribution is -0.171. The summed E-state index contributed by atoms with van der Waals surface area (Å²) in [5, 5.41) is 0. The van der Waals surface area contributed by atoms with Crippen molar-refractivity contribution in [2.45, 2.75) is 71.0 Å². The van der Waals surface area contributed by atoms with E-state index in [1.165, 1.54) is 7.11 Å². The number of carbonyl (C=O) groups excluding carboxylic acids is 2. The number of methoxy groups -OCH3 is 1. The predicted molar refractivity (Wildman–Crippen MR) is 96.0 cm³/mol. The third-order valence-corrected chi connectivity index (χ3v) is 9.01. The van der Waals surface area contributed by atoms with Crippen LogP contribution in [0.25, 0.3) is 0 Å². The van der Waals surface area contributed by atoms with Crippen LogP contribution in [0.4, 0.5) is 4.39 Å². The van der Waals surface area contributed by atoms with Gasteiger partial charge in [0.2, 0.25) is 0 Å². The fourth-order valence-electron chi connectivity index (χ4n) is 7.74. The Bertz CT molecular complexity index is 624. The summed E-state index contributed by atoms with van der Waals surface area (Å²) in [5.74, 6) is 1.12. The molecule has 26 heavy (non-hydrogen) atoms. The minimum absolute atomic E-state index is 0.00788. The van der Waals surface area contributed by atoms with Crippen molar-refractivity contribution in [2.75, 3.05) is 14.2 Å². The molecular weight excluding hydrogens is 333 g/mol. The van der Waals surface area contributed by atoms with Gasteiger partial charge in [-0.25, -0.2) is 4.39 Å². The van der Waals surface area contributed by atoms with Gasteiger partial charge in [0, 0.05) is 13.1 Å². The first-order chi connectivity index (χ1) is 12.2. The van der Waals surface area contributed by atoms with Crippen LogP contribution < -0.4 is 0 Å². The van der Waals surface area contributed by atoms with E-state index in [1.807, 2.05) is 0 Å². The molecule has 0 aromatic carbocycles. The van der Waals surface area contributed by atoms with E-state index in [1.54, 1.807) is 11.9 Å². The molecule has 3 aliphatic carbocycles. The van der Waals surface area contributed by atoms with Crippen molar-refractivity contribution in [2.24, 2.45) is 34.5 Å². The number of nitrogens with zero attached hydrogens (tertiary/aromatic N) is 1. The number of hydrogen-bond acceptors (Lipinski definition) is 3. The minimum atomic E-state index is -1.36.